The minimum Gasteiger partial charge on any atom is -0.314 e. The van der Waals surface area contributed by atoms with E-state index in [9.17, 15) is 9.59 Å². The van der Waals surface area contributed by atoms with E-state index in [1.807, 2.05) is 0 Å². The summed E-state index contributed by atoms with van der Waals surface area (Å²) in [4.78, 5) is 29.4. The molecule has 2 amide bonds. The maximum atomic E-state index is 11.3. The van der Waals surface area contributed by atoms with Crippen molar-refractivity contribution in [1.29, 1.82) is 10.5 Å². The first-order chi connectivity index (χ1) is 7.67. The van der Waals surface area contributed by atoms with Crippen molar-refractivity contribution in [2.75, 3.05) is 4.90 Å². The van der Waals surface area contributed by atoms with Gasteiger partial charge in [0.1, 0.15) is 12.1 Å². The van der Waals surface area contributed by atoms with Crippen LogP contribution in [0.3, 0.4) is 0 Å². The van der Waals surface area contributed by atoms with Crippen molar-refractivity contribution in [3.8, 4) is 12.1 Å². The average molecular weight is 213 g/mol. The molecule has 0 radical (unpaired) electrons. The van der Waals surface area contributed by atoms with Gasteiger partial charge in [-0.3, -0.25) is 9.59 Å². The van der Waals surface area contributed by atoms with Crippen LogP contribution >= 0.6 is 0 Å². The van der Waals surface area contributed by atoms with Crippen LogP contribution in [0, 0.1) is 22.7 Å². The van der Waals surface area contributed by atoms with Gasteiger partial charge in [-0.2, -0.15) is 15.5 Å². The van der Waals surface area contributed by atoms with E-state index >= 15 is 0 Å². The van der Waals surface area contributed by atoms with E-state index < -0.39 is 11.8 Å². The molecule has 0 aromatic carbocycles. The molecule has 7 nitrogen and oxygen atoms in total. The Labute approximate surface area is 89.2 Å². The van der Waals surface area contributed by atoms with Gasteiger partial charge in [-0.25, -0.2) is 4.90 Å². The number of amides is 2. The molecule has 2 rings (SSSR count). The highest BCUT2D eigenvalue weighted by atomic mass is 16.2. The minimum absolute atomic E-state index is 0.0787. The lowest BCUT2D eigenvalue weighted by Crippen LogP contribution is -2.30. The van der Waals surface area contributed by atoms with Gasteiger partial charge < -0.3 is 4.98 Å². The normalized spacial score (nSPS) is 14.0. The number of H-pyrrole nitrogens is 1. The average Bonchev–Trinajstić information content (AvgIpc) is 2.82. The molecule has 2 heterocycles. The molecule has 1 aromatic heterocycles. The summed E-state index contributed by atoms with van der Waals surface area (Å²) in [6.45, 7) is 0. The number of imidazole rings is 1. The van der Waals surface area contributed by atoms with Crippen LogP contribution in [-0.2, 0) is 9.59 Å². The number of aromatic amines is 1. The number of rotatable bonds is 1. The third kappa shape index (κ3) is 1.24. The van der Waals surface area contributed by atoms with Gasteiger partial charge in [-0.1, -0.05) is 0 Å². The zero-order valence-corrected chi connectivity index (χ0v) is 7.76. The SMILES string of the molecule is N#Cc1nc(N2C(=O)C=CC2=O)[nH]c1C#N. The number of hydrogen-bond acceptors (Lipinski definition) is 5. The molecule has 0 saturated heterocycles. The zero-order valence-electron chi connectivity index (χ0n) is 7.76. The van der Waals surface area contributed by atoms with Crippen molar-refractivity contribution in [2.24, 2.45) is 0 Å². The molecule has 0 fully saturated rings. The molecule has 0 unspecified atom stereocenters. The molecule has 0 bridgehead atoms. The number of carbonyl (C=O) groups excluding carboxylic acids is 2. The number of hydrogen-bond donors (Lipinski definition) is 1. The molecule has 16 heavy (non-hydrogen) atoms. The molecule has 0 saturated carbocycles. The first kappa shape index (κ1) is 9.62. The van der Waals surface area contributed by atoms with Gasteiger partial charge in [0.05, 0.1) is 0 Å². The molecule has 1 aromatic rings. The van der Waals surface area contributed by atoms with Crippen molar-refractivity contribution in [3.63, 3.8) is 0 Å². The summed E-state index contributed by atoms with van der Waals surface area (Å²) >= 11 is 0. The predicted octanol–water partition coefficient (Wildman–Crippen LogP) is -0.418. The topological polar surface area (TPSA) is 114 Å². The van der Waals surface area contributed by atoms with Gasteiger partial charge in [0.2, 0.25) is 5.95 Å². The van der Waals surface area contributed by atoms with Crippen LogP contribution < -0.4 is 4.90 Å². The predicted molar refractivity (Wildman–Crippen MR) is 49.7 cm³/mol. The Morgan fingerprint density at radius 3 is 2.25 bits per heavy atom. The highest BCUT2D eigenvalue weighted by molar-refractivity contribution is 6.27. The van der Waals surface area contributed by atoms with Crippen molar-refractivity contribution >= 4 is 17.8 Å². The van der Waals surface area contributed by atoms with E-state index in [2.05, 4.69) is 9.97 Å². The van der Waals surface area contributed by atoms with Crippen LogP contribution in [-0.4, -0.2) is 21.8 Å². The number of carbonyl (C=O) groups is 2. The van der Waals surface area contributed by atoms with E-state index in [0.717, 1.165) is 17.1 Å². The minimum atomic E-state index is -0.562. The number of aromatic nitrogens is 2. The van der Waals surface area contributed by atoms with Crippen molar-refractivity contribution in [3.05, 3.63) is 23.5 Å². The molecule has 76 valence electrons. The summed E-state index contributed by atoms with van der Waals surface area (Å²) in [7, 11) is 0. The fraction of sp³-hybridized carbons (Fsp3) is 0. The van der Waals surface area contributed by atoms with Crippen molar-refractivity contribution in [2.45, 2.75) is 0 Å². The number of nitriles is 2. The molecule has 1 N–H and O–H groups in total. The second-order valence-corrected chi connectivity index (χ2v) is 2.85. The fourth-order valence-corrected chi connectivity index (χ4v) is 1.24. The first-order valence-corrected chi connectivity index (χ1v) is 4.13. The summed E-state index contributed by atoms with van der Waals surface area (Å²) in [5, 5.41) is 17.3. The van der Waals surface area contributed by atoms with Crippen LogP contribution in [0.25, 0.3) is 0 Å². The maximum absolute atomic E-state index is 11.3. The highest BCUT2D eigenvalue weighted by Crippen LogP contribution is 2.16. The van der Waals surface area contributed by atoms with Crippen LogP contribution in [0.5, 0.6) is 0 Å². The summed E-state index contributed by atoms with van der Waals surface area (Å²) in [6, 6.07) is 3.40. The Bertz CT molecular complexity index is 549. The number of nitrogens with one attached hydrogen (secondary N) is 1. The third-order valence-electron chi connectivity index (χ3n) is 1.93. The second kappa shape index (κ2) is 3.33. The molecular weight excluding hydrogens is 210 g/mol. The molecule has 0 aliphatic carbocycles. The lowest BCUT2D eigenvalue weighted by Gasteiger charge is -2.08. The van der Waals surface area contributed by atoms with Gasteiger partial charge in [0, 0.05) is 12.2 Å². The number of imide groups is 1. The number of nitrogens with zero attached hydrogens (tertiary/aromatic N) is 4. The molecule has 1 aliphatic heterocycles. The Balaban J connectivity index is 2.48. The van der Waals surface area contributed by atoms with Crippen LogP contribution in [0.4, 0.5) is 5.95 Å². The first-order valence-electron chi connectivity index (χ1n) is 4.13. The third-order valence-corrected chi connectivity index (χ3v) is 1.93. The molecule has 0 atom stereocenters. The van der Waals surface area contributed by atoms with E-state index in [1.165, 1.54) is 0 Å². The van der Waals surface area contributed by atoms with Gasteiger partial charge >= 0.3 is 0 Å². The standard InChI is InChI=1S/C9H3N5O2/c10-3-5-6(4-11)13-9(12-5)14-7(15)1-2-8(14)16/h1-2H,(H,12,13). The summed E-state index contributed by atoms with van der Waals surface area (Å²) in [5.41, 5.74) is -0.227. The Hall–Kier alpha value is -2.93. The molecule has 0 spiro atoms. The van der Waals surface area contributed by atoms with E-state index in [-0.39, 0.29) is 17.3 Å². The largest absolute Gasteiger partial charge is 0.314 e. The maximum Gasteiger partial charge on any atom is 0.260 e. The van der Waals surface area contributed by atoms with Crippen LogP contribution in [0.2, 0.25) is 0 Å². The van der Waals surface area contributed by atoms with Crippen LogP contribution in [0.1, 0.15) is 11.4 Å². The quantitative estimate of drug-likeness (QED) is 0.636. The second-order valence-electron chi connectivity index (χ2n) is 2.85. The van der Waals surface area contributed by atoms with Crippen LogP contribution in [0.15, 0.2) is 12.2 Å². The Kier molecular flexibility index (Phi) is 2.00. The van der Waals surface area contributed by atoms with Crippen molar-refractivity contribution < 1.29 is 9.59 Å². The Morgan fingerprint density at radius 2 is 1.81 bits per heavy atom. The fourth-order valence-electron chi connectivity index (χ4n) is 1.24. The monoisotopic (exact) mass is 213 g/mol. The molecular formula is C9H3N5O2. The molecule has 1 aliphatic rings. The smallest absolute Gasteiger partial charge is 0.260 e. The Morgan fingerprint density at radius 1 is 1.19 bits per heavy atom. The van der Waals surface area contributed by atoms with E-state index in [0.29, 0.717) is 0 Å². The van der Waals surface area contributed by atoms with Gasteiger partial charge in [-0.15, -0.1) is 0 Å². The summed E-state index contributed by atoms with van der Waals surface area (Å²) in [5.74, 6) is -1.24. The van der Waals surface area contributed by atoms with Gasteiger partial charge in [0.15, 0.2) is 11.4 Å². The zero-order chi connectivity index (χ0) is 11.7. The van der Waals surface area contributed by atoms with Crippen molar-refractivity contribution in [1.82, 2.24) is 9.97 Å². The lowest BCUT2D eigenvalue weighted by molar-refractivity contribution is -0.120. The lowest BCUT2D eigenvalue weighted by atomic mass is 10.4. The summed E-state index contributed by atoms with van der Waals surface area (Å²) in [6.07, 6.45) is 2.17. The number of anilines is 1. The summed E-state index contributed by atoms with van der Waals surface area (Å²) < 4.78 is 0. The molecule has 7 heteroatoms. The highest BCUT2D eigenvalue weighted by Gasteiger charge is 2.28. The van der Waals surface area contributed by atoms with E-state index in [4.69, 9.17) is 10.5 Å². The van der Waals surface area contributed by atoms with E-state index in [1.54, 1.807) is 12.1 Å². The van der Waals surface area contributed by atoms with Gasteiger partial charge in [0.25, 0.3) is 11.8 Å². The van der Waals surface area contributed by atoms with Gasteiger partial charge in [-0.05, 0) is 0 Å².